The molecule has 0 radical (unpaired) electrons. The van der Waals surface area contributed by atoms with Gasteiger partial charge >= 0.3 is 6.18 Å². The first kappa shape index (κ1) is 32.2. The Labute approximate surface area is 246 Å². The lowest BCUT2D eigenvalue weighted by Crippen LogP contribution is -2.53. The molecule has 0 saturated carbocycles. The quantitative estimate of drug-likeness (QED) is 0.301. The Morgan fingerprint density at radius 1 is 0.951 bits per heavy atom. The average Bonchev–Trinajstić information content (AvgIpc) is 2.89. The first-order valence-electron chi connectivity index (χ1n) is 12.4. The van der Waals surface area contributed by atoms with Crippen molar-refractivity contribution in [3.63, 3.8) is 0 Å². The summed E-state index contributed by atoms with van der Waals surface area (Å²) in [5.74, 6) is -1.30. The third kappa shape index (κ3) is 8.85. The number of halogens is 5. The minimum atomic E-state index is -4.86. The molecule has 7 nitrogen and oxygen atoms in total. The molecule has 0 heterocycles. The molecule has 0 unspecified atom stereocenters. The van der Waals surface area contributed by atoms with Crippen LogP contribution in [0.1, 0.15) is 23.6 Å². The van der Waals surface area contributed by atoms with Gasteiger partial charge in [0.15, 0.2) is 0 Å². The third-order valence-electron chi connectivity index (χ3n) is 6.09. The first-order valence-corrected chi connectivity index (χ1v) is 15.0. The summed E-state index contributed by atoms with van der Waals surface area (Å²) in [6.45, 7) is 0.984. The van der Waals surface area contributed by atoms with Gasteiger partial charge in [-0.1, -0.05) is 65.7 Å². The van der Waals surface area contributed by atoms with Crippen molar-refractivity contribution in [3.8, 4) is 0 Å². The van der Waals surface area contributed by atoms with Crippen LogP contribution in [0, 0.1) is 0 Å². The van der Waals surface area contributed by atoms with Crippen molar-refractivity contribution < 1.29 is 31.2 Å². The lowest BCUT2D eigenvalue weighted by molar-refractivity contribution is -0.140. The highest BCUT2D eigenvalue weighted by Gasteiger charge is 2.36. The maximum atomic E-state index is 13.9. The van der Waals surface area contributed by atoms with Crippen LogP contribution < -0.4 is 9.62 Å². The van der Waals surface area contributed by atoms with Crippen molar-refractivity contribution in [1.82, 2.24) is 10.2 Å². The molecular weight excluding hydrogens is 602 g/mol. The molecular formula is C28H28Cl2F3N3O4S. The number of hydrogen-bond donors (Lipinski definition) is 1. The van der Waals surface area contributed by atoms with Gasteiger partial charge in [0.1, 0.15) is 12.6 Å². The van der Waals surface area contributed by atoms with E-state index in [9.17, 15) is 31.2 Å². The summed E-state index contributed by atoms with van der Waals surface area (Å²) in [5.41, 5.74) is -0.360. The molecule has 0 aromatic heterocycles. The van der Waals surface area contributed by atoms with Gasteiger partial charge in [-0.15, -0.1) is 0 Å². The Morgan fingerprint density at radius 3 is 2.20 bits per heavy atom. The second-order valence-corrected chi connectivity index (χ2v) is 11.9. The highest BCUT2D eigenvalue weighted by molar-refractivity contribution is 7.92. The lowest BCUT2D eigenvalue weighted by atomic mass is 10.0. The fourth-order valence-corrected chi connectivity index (χ4v) is 5.46. The van der Waals surface area contributed by atoms with Crippen LogP contribution in [0.2, 0.25) is 10.0 Å². The summed E-state index contributed by atoms with van der Waals surface area (Å²) < 4.78 is 66.8. The number of likely N-dealkylation sites (N-methyl/N-ethyl adjacent to an activating group) is 1. The number of benzene rings is 3. The Hall–Kier alpha value is -3.28. The maximum absolute atomic E-state index is 13.9. The van der Waals surface area contributed by atoms with E-state index in [1.165, 1.54) is 4.90 Å². The van der Waals surface area contributed by atoms with Crippen molar-refractivity contribution in [1.29, 1.82) is 0 Å². The number of hydrogen-bond acceptors (Lipinski definition) is 4. The van der Waals surface area contributed by atoms with Crippen molar-refractivity contribution in [2.75, 3.05) is 23.7 Å². The number of anilines is 1. The van der Waals surface area contributed by atoms with Crippen LogP contribution in [0.4, 0.5) is 18.9 Å². The van der Waals surface area contributed by atoms with E-state index < -0.39 is 56.9 Å². The number of nitrogens with zero attached hydrogens (tertiary/aromatic N) is 2. The number of carbonyl (C=O) groups is 2. The minimum absolute atomic E-state index is 0.0943. The number of carbonyl (C=O) groups excluding carboxylic acids is 2. The lowest BCUT2D eigenvalue weighted by Gasteiger charge is -2.33. The third-order valence-corrected chi connectivity index (χ3v) is 7.79. The Morgan fingerprint density at radius 2 is 1.61 bits per heavy atom. The molecule has 0 spiro atoms. The molecule has 41 heavy (non-hydrogen) atoms. The Kier molecular flexibility index (Phi) is 10.7. The van der Waals surface area contributed by atoms with E-state index in [0.717, 1.165) is 24.0 Å². The van der Waals surface area contributed by atoms with Gasteiger partial charge in [-0.25, -0.2) is 8.42 Å². The van der Waals surface area contributed by atoms with E-state index in [0.29, 0.717) is 21.0 Å². The van der Waals surface area contributed by atoms with Crippen molar-refractivity contribution in [2.24, 2.45) is 0 Å². The second kappa shape index (κ2) is 13.6. The summed E-state index contributed by atoms with van der Waals surface area (Å²) >= 11 is 11.9. The average molecular weight is 631 g/mol. The van der Waals surface area contributed by atoms with Gasteiger partial charge in [0.2, 0.25) is 21.8 Å². The summed E-state index contributed by atoms with van der Waals surface area (Å²) in [6, 6.07) is 17.0. The number of alkyl halides is 3. The molecule has 2 amide bonds. The first-order chi connectivity index (χ1) is 19.2. The van der Waals surface area contributed by atoms with Crippen LogP contribution >= 0.6 is 23.2 Å². The van der Waals surface area contributed by atoms with Gasteiger partial charge in [-0.3, -0.25) is 13.9 Å². The molecule has 0 saturated heterocycles. The van der Waals surface area contributed by atoms with Gasteiger partial charge in [-0.05, 0) is 48.4 Å². The molecule has 13 heteroatoms. The van der Waals surface area contributed by atoms with E-state index in [2.05, 4.69) is 5.32 Å². The zero-order valence-corrected chi connectivity index (χ0v) is 24.5. The SMILES string of the molecule is CCNC(=O)[C@@H](Cc1ccccc1)N(Cc1cccc(Cl)c1)C(=O)CN(c1ccc(Cl)c(C(F)(F)F)c1)S(C)(=O)=O. The van der Waals surface area contributed by atoms with Gasteiger partial charge in [0.25, 0.3) is 0 Å². The summed E-state index contributed by atoms with van der Waals surface area (Å²) in [6.07, 6.45) is -4.00. The zero-order valence-electron chi connectivity index (χ0n) is 22.2. The van der Waals surface area contributed by atoms with Crippen molar-refractivity contribution >= 4 is 50.7 Å². The second-order valence-electron chi connectivity index (χ2n) is 9.18. The molecule has 3 aromatic rings. The molecule has 0 aliphatic heterocycles. The molecule has 3 aromatic carbocycles. The van der Waals surface area contributed by atoms with Crippen molar-refractivity contribution in [3.05, 3.63) is 99.5 Å². The van der Waals surface area contributed by atoms with Crippen LogP contribution in [0.3, 0.4) is 0 Å². The summed E-state index contributed by atoms with van der Waals surface area (Å²) in [7, 11) is -4.26. The molecule has 220 valence electrons. The van der Waals surface area contributed by atoms with E-state index in [-0.39, 0.29) is 19.5 Å². The molecule has 1 N–H and O–H groups in total. The number of rotatable bonds is 11. The predicted molar refractivity (Wildman–Crippen MR) is 153 cm³/mol. The largest absolute Gasteiger partial charge is 0.417 e. The standard InChI is InChI=1S/C28H28Cl2F3N3O4S/c1-3-34-27(38)25(15-19-8-5-4-6-9-19)35(17-20-10-7-11-21(29)14-20)26(37)18-36(41(2,39)40)22-12-13-24(30)23(16-22)28(31,32)33/h4-14,16,25H,3,15,17-18H2,1-2H3,(H,34,38)/t25-/m1/s1. The van der Waals surface area contributed by atoms with Crippen LogP contribution in [-0.4, -0.2) is 50.5 Å². The zero-order chi connectivity index (χ0) is 30.4. The van der Waals surface area contributed by atoms with Crippen LogP contribution in [0.5, 0.6) is 0 Å². The Bertz CT molecular complexity index is 1490. The van der Waals surface area contributed by atoms with Gasteiger partial charge in [0, 0.05) is 24.5 Å². The van der Waals surface area contributed by atoms with Crippen molar-refractivity contribution in [2.45, 2.75) is 32.1 Å². The van der Waals surface area contributed by atoms with E-state index in [1.807, 2.05) is 0 Å². The highest BCUT2D eigenvalue weighted by Crippen LogP contribution is 2.37. The van der Waals surface area contributed by atoms with Gasteiger partial charge < -0.3 is 10.2 Å². The van der Waals surface area contributed by atoms with Crippen LogP contribution in [0.15, 0.2) is 72.8 Å². The fourth-order valence-electron chi connectivity index (χ4n) is 4.18. The number of amides is 2. The van der Waals surface area contributed by atoms with Crippen LogP contribution in [-0.2, 0) is 38.8 Å². The predicted octanol–water partition coefficient (Wildman–Crippen LogP) is 5.55. The topological polar surface area (TPSA) is 86.8 Å². The molecule has 0 bridgehead atoms. The smallest absolute Gasteiger partial charge is 0.355 e. The molecule has 3 rings (SSSR count). The van der Waals surface area contributed by atoms with E-state index >= 15 is 0 Å². The van der Waals surface area contributed by atoms with Gasteiger partial charge in [-0.2, -0.15) is 13.2 Å². The van der Waals surface area contributed by atoms with E-state index in [4.69, 9.17) is 23.2 Å². The number of nitrogens with one attached hydrogen (secondary N) is 1. The van der Waals surface area contributed by atoms with Gasteiger partial charge in [0.05, 0.1) is 22.5 Å². The Balaban J connectivity index is 2.09. The monoisotopic (exact) mass is 629 g/mol. The molecule has 0 aliphatic carbocycles. The normalized spacial score (nSPS) is 12.5. The highest BCUT2D eigenvalue weighted by atomic mass is 35.5. The molecule has 0 aliphatic rings. The molecule has 1 atom stereocenters. The van der Waals surface area contributed by atoms with E-state index in [1.54, 1.807) is 61.5 Å². The summed E-state index contributed by atoms with van der Waals surface area (Å²) in [4.78, 5) is 28.4. The van der Waals surface area contributed by atoms with Crippen LogP contribution in [0.25, 0.3) is 0 Å². The minimum Gasteiger partial charge on any atom is -0.355 e. The molecule has 0 fully saturated rings. The number of sulfonamides is 1. The maximum Gasteiger partial charge on any atom is 0.417 e. The fraction of sp³-hybridized carbons (Fsp3) is 0.286. The summed E-state index contributed by atoms with van der Waals surface area (Å²) in [5, 5.41) is 2.47.